The van der Waals surface area contributed by atoms with Crippen molar-refractivity contribution in [3.8, 4) is 0 Å². The van der Waals surface area contributed by atoms with Crippen molar-refractivity contribution in [1.29, 1.82) is 0 Å². The van der Waals surface area contributed by atoms with Crippen molar-refractivity contribution in [2.24, 2.45) is 10.8 Å². The summed E-state index contributed by atoms with van der Waals surface area (Å²) in [7, 11) is 2.49. The Kier molecular flexibility index (Phi) is 9.62. The molecule has 0 aliphatic rings. The summed E-state index contributed by atoms with van der Waals surface area (Å²) < 4.78 is 0. The Morgan fingerprint density at radius 1 is 0.639 bits per heavy atom. The van der Waals surface area contributed by atoms with E-state index < -0.39 is 46.7 Å². The van der Waals surface area contributed by atoms with Gasteiger partial charge in [0.25, 0.3) is 11.8 Å². The number of nitrogens with one attached hydrogen (secondary N) is 2. The molecule has 0 aliphatic carbocycles. The quantitative estimate of drug-likeness (QED) is 0.334. The molecule has 0 fully saturated rings. The predicted molar refractivity (Wildman–Crippen MR) is 141 cm³/mol. The smallest absolute Gasteiger partial charge is 0.326 e. The number of carboxylic acid groups (broad SMARTS) is 2. The van der Waals surface area contributed by atoms with E-state index in [1.165, 1.54) is 21.6 Å². The minimum absolute atomic E-state index is 0.311. The third-order valence-electron chi connectivity index (χ3n) is 5.26. The SMILES string of the molecule is CC(C)(C)C(NC(=O)c1ccccc1SSc1ccccc1C(=O)NC(C(=O)O)C(C)(C)C)C(=O)O. The number of carbonyl (C=O) groups is 4. The molecule has 2 amide bonds. The minimum atomic E-state index is -1.12. The first-order valence-corrected chi connectivity index (χ1v) is 13.4. The number of rotatable bonds is 9. The lowest BCUT2D eigenvalue weighted by molar-refractivity contribution is -0.143. The van der Waals surface area contributed by atoms with E-state index in [0.717, 1.165) is 0 Å². The standard InChI is InChI=1S/C26H32N2O6S2/c1-25(2,3)19(23(31)32)27-21(29)15-11-7-9-13-17(15)35-36-18-14-10-8-12-16(18)22(30)28-20(24(33)34)26(4,5)6/h7-14,19-20H,1-6H3,(H,27,29)(H,28,30)(H,31,32)(H,33,34). The van der Waals surface area contributed by atoms with Crippen LogP contribution in [0.5, 0.6) is 0 Å². The van der Waals surface area contributed by atoms with Crippen molar-refractivity contribution in [3.05, 3.63) is 59.7 Å². The van der Waals surface area contributed by atoms with Crippen LogP contribution in [0.4, 0.5) is 0 Å². The highest BCUT2D eigenvalue weighted by Crippen LogP contribution is 2.40. The number of carboxylic acids is 2. The normalized spacial score (nSPS) is 13.4. The second kappa shape index (κ2) is 11.8. The van der Waals surface area contributed by atoms with Crippen LogP contribution in [0.3, 0.4) is 0 Å². The van der Waals surface area contributed by atoms with Gasteiger partial charge in [0.1, 0.15) is 12.1 Å². The van der Waals surface area contributed by atoms with Gasteiger partial charge in [-0.05, 0) is 35.1 Å². The molecule has 0 bridgehead atoms. The van der Waals surface area contributed by atoms with E-state index in [1.54, 1.807) is 90.1 Å². The van der Waals surface area contributed by atoms with Gasteiger partial charge in [0.05, 0.1) is 11.1 Å². The average molecular weight is 533 g/mol. The Labute approximate surface area is 219 Å². The molecule has 2 rings (SSSR count). The van der Waals surface area contributed by atoms with Gasteiger partial charge in [0, 0.05) is 9.79 Å². The van der Waals surface area contributed by atoms with Crippen molar-refractivity contribution >= 4 is 45.3 Å². The fraction of sp³-hybridized carbons (Fsp3) is 0.385. The first kappa shape index (κ1) is 29.3. The van der Waals surface area contributed by atoms with Crippen LogP contribution >= 0.6 is 21.6 Å². The molecule has 0 saturated heterocycles. The second-order valence-electron chi connectivity index (χ2n) is 10.4. The van der Waals surface area contributed by atoms with Crippen molar-refractivity contribution in [3.63, 3.8) is 0 Å². The molecule has 8 nitrogen and oxygen atoms in total. The van der Waals surface area contributed by atoms with E-state index in [1.807, 2.05) is 0 Å². The first-order valence-electron chi connectivity index (χ1n) is 11.2. The van der Waals surface area contributed by atoms with E-state index in [9.17, 15) is 29.4 Å². The van der Waals surface area contributed by atoms with Crippen LogP contribution in [0.25, 0.3) is 0 Å². The maximum absolute atomic E-state index is 13.0. The molecule has 0 spiro atoms. The Hall–Kier alpha value is -2.98. The third-order valence-corrected chi connectivity index (χ3v) is 7.74. The maximum Gasteiger partial charge on any atom is 0.326 e. The zero-order valence-electron chi connectivity index (χ0n) is 21.1. The number of amides is 2. The number of aliphatic carboxylic acids is 2. The molecule has 2 aromatic rings. The fourth-order valence-corrected chi connectivity index (χ4v) is 5.62. The molecule has 2 atom stereocenters. The summed E-state index contributed by atoms with van der Waals surface area (Å²) in [6.07, 6.45) is 0. The van der Waals surface area contributed by atoms with Gasteiger partial charge in [-0.25, -0.2) is 9.59 Å². The highest BCUT2D eigenvalue weighted by Gasteiger charge is 2.34. The predicted octanol–water partition coefficient (Wildman–Crippen LogP) is 4.94. The summed E-state index contributed by atoms with van der Waals surface area (Å²) >= 11 is 0. The molecule has 194 valence electrons. The van der Waals surface area contributed by atoms with Crippen LogP contribution in [0.1, 0.15) is 62.3 Å². The van der Waals surface area contributed by atoms with Crippen molar-refractivity contribution in [2.75, 3.05) is 0 Å². The molecule has 0 radical (unpaired) electrons. The number of carbonyl (C=O) groups excluding carboxylic acids is 2. The van der Waals surface area contributed by atoms with E-state index >= 15 is 0 Å². The number of hydrogen-bond acceptors (Lipinski definition) is 6. The van der Waals surface area contributed by atoms with Crippen LogP contribution in [-0.2, 0) is 9.59 Å². The van der Waals surface area contributed by atoms with Crippen LogP contribution < -0.4 is 10.6 Å². The lowest BCUT2D eigenvalue weighted by atomic mass is 9.86. The Morgan fingerprint density at radius 2 is 0.944 bits per heavy atom. The van der Waals surface area contributed by atoms with E-state index in [0.29, 0.717) is 20.9 Å². The Morgan fingerprint density at radius 3 is 1.22 bits per heavy atom. The lowest BCUT2D eigenvalue weighted by Crippen LogP contribution is -2.49. The molecule has 0 aliphatic heterocycles. The van der Waals surface area contributed by atoms with Crippen LogP contribution in [0.15, 0.2) is 58.3 Å². The molecular formula is C26H32N2O6S2. The molecule has 0 saturated carbocycles. The highest BCUT2D eigenvalue weighted by molar-refractivity contribution is 8.76. The Bertz CT molecular complexity index is 1050. The number of benzene rings is 2. The van der Waals surface area contributed by atoms with Gasteiger partial charge in [-0.2, -0.15) is 0 Å². The van der Waals surface area contributed by atoms with Crippen molar-refractivity contribution in [2.45, 2.75) is 63.4 Å². The molecule has 2 aromatic carbocycles. The molecule has 2 unspecified atom stereocenters. The Balaban J connectivity index is 2.25. The molecule has 36 heavy (non-hydrogen) atoms. The van der Waals surface area contributed by atoms with E-state index in [4.69, 9.17) is 0 Å². The summed E-state index contributed by atoms with van der Waals surface area (Å²) in [6.45, 7) is 10.4. The van der Waals surface area contributed by atoms with Gasteiger partial charge >= 0.3 is 11.9 Å². The van der Waals surface area contributed by atoms with Gasteiger partial charge in [-0.15, -0.1) is 0 Å². The molecular weight excluding hydrogens is 500 g/mol. The second-order valence-corrected chi connectivity index (χ2v) is 12.6. The monoisotopic (exact) mass is 532 g/mol. The summed E-state index contributed by atoms with van der Waals surface area (Å²) in [5.74, 6) is -3.27. The van der Waals surface area contributed by atoms with Crippen LogP contribution in [0.2, 0.25) is 0 Å². The molecule has 0 aromatic heterocycles. The fourth-order valence-electron chi connectivity index (χ4n) is 3.26. The summed E-state index contributed by atoms with van der Waals surface area (Å²) in [5.41, 5.74) is -0.756. The van der Waals surface area contributed by atoms with Crippen molar-refractivity contribution < 1.29 is 29.4 Å². The largest absolute Gasteiger partial charge is 0.480 e. The van der Waals surface area contributed by atoms with Crippen molar-refractivity contribution in [1.82, 2.24) is 10.6 Å². The van der Waals surface area contributed by atoms with Crippen LogP contribution in [0, 0.1) is 10.8 Å². The summed E-state index contributed by atoms with van der Waals surface area (Å²) in [6, 6.07) is 11.4. The molecule has 0 heterocycles. The van der Waals surface area contributed by atoms with Gasteiger partial charge < -0.3 is 20.8 Å². The zero-order chi connectivity index (χ0) is 27.3. The zero-order valence-corrected chi connectivity index (χ0v) is 22.8. The molecule has 10 heteroatoms. The number of hydrogen-bond donors (Lipinski definition) is 4. The van der Waals surface area contributed by atoms with Gasteiger partial charge in [-0.1, -0.05) is 87.4 Å². The topological polar surface area (TPSA) is 133 Å². The van der Waals surface area contributed by atoms with E-state index in [-0.39, 0.29) is 0 Å². The highest BCUT2D eigenvalue weighted by atomic mass is 33.1. The first-order chi connectivity index (χ1) is 16.6. The van der Waals surface area contributed by atoms with Crippen LogP contribution in [-0.4, -0.2) is 46.0 Å². The average Bonchev–Trinajstić information content (AvgIpc) is 2.77. The lowest BCUT2D eigenvalue weighted by Gasteiger charge is -2.28. The minimum Gasteiger partial charge on any atom is -0.480 e. The summed E-state index contributed by atoms with van der Waals surface area (Å²) in [4.78, 5) is 50.5. The van der Waals surface area contributed by atoms with E-state index in [2.05, 4.69) is 10.6 Å². The third kappa shape index (κ3) is 7.76. The van der Waals surface area contributed by atoms with Gasteiger partial charge in [0.2, 0.25) is 0 Å². The summed E-state index contributed by atoms with van der Waals surface area (Å²) in [5, 5.41) is 24.3. The van der Waals surface area contributed by atoms with Gasteiger partial charge in [0.15, 0.2) is 0 Å². The maximum atomic E-state index is 13.0. The van der Waals surface area contributed by atoms with Gasteiger partial charge in [-0.3, -0.25) is 9.59 Å². The molecule has 4 N–H and O–H groups in total.